The molecule has 1 aromatic heterocycles. The minimum atomic E-state index is -0.229. The van der Waals surface area contributed by atoms with E-state index in [0.717, 1.165) is 16.2 Å². The lowest BCUT2D eigenvalue weighted by Crippen LogP contribution is -2.20. The van der Waals surface area contributed by atoms with E-state index < -0.39 is 0 Å². The molecule has 158 valence electrons. The molecule has 0 unspecified atom stereocenters. The van der Waals surface area contributed by atoms with Crippen LogP contribution in [0.5, 0.6) is 5.75 Å². The lowest BCUT2D eigenvalue weighted by atomic mass is 9.94. The van der Waals surface area contributed by atoms with Gasteiger partial charge in [-0.15, -0.1) is 0 Å². The van der Waals surface area contributed by atoms with Crippen molar-refractivity contribution in [2.45, 2.75) is 11.7 Å². The summed E-state index contributed by atoms with van der Waals surface area (Å²) in [5.41, 5.74) is 6.93. The maximum absolute atomic E-state index is 12.4. The monoisotopic (exact) mass is 440 g/mol. The highest BCUT2D eigenvalue weighted by Gasteiger charge is 2.13. The molecule has 1 heterocycles. The van der Waals surface area contributed by atoms with Gasteiger partial charge in [-0.1, -0.05) is 71.8 Å². The SMILES string of the molecule is [B]c1ccc(OC)c(/C=N/NC(=O)CSc2nc3ccccc3n2Cc2ccccc2)c1. The van der Waals surface area contributed by atoms with Gasteiger partial charge in [0.25, 0.3) is 5.91 Å². The Morgan fingerprint density at radius 1 is 1.16 bits per heavy atom. The van der Waals surface area contributed by atoms with Gasteiger partial charge in [0.05, 0.1) is 36.7 Å². The molecule has 1 N–H and O–H groups in total. The molecule has 6 nitrogen and oxygen atoms in total. The van der Waals surface area contributed by atoms with Crippen LogP contribution in [0.4, 0.5) is 0 Å². The Labute approximate surface area is 192 Å². The lowest BCUT2D eigenvalue weighted by Gasteiger charge is -2.09. The van der Waals surface area contributed by atoms with Crippen LogP contribution in [0.3, 0.4) is 0 Å². The van der Waals surface area contributed by atoms with Crippen molar-refractivity contribution in [1.29, 1.82) is 0 Å². The van der Waals surface area contributed by atoms with Gasteiger partial charge in [-0.25, -0.2) is 10.4 Å². The van der Waals surface area contributed by atoms with Gasteiger partial charge >= 0.3 is 0 Å². The van der Waals surface area contributed by atoms with E-state index in [1.165, 1.54) is 23.5 Å². The zero-order valence-corrected chi connectivity index (χ0v) is 18.4. The Balaban J connectivity index is 1.44. The fraction of sp³-hybridized carbons (Fsp3) is 0.125. The Bertz CT molecular complexity index is 1260. The number of thioether (sulfide) groups is 1. The standard InChI is InChI=1S/C24H21BN4O2S/c1-31-22-12-11-19(25)13-18(22)14-26-28-23(30)16-32-24-27-20-9-5-6-10-21(20)29(24)15-17-7-3-2-4-8-17/h2-14H,15-16H2,1H3,(H,28,30)/b26-14+. The molecule has 0 bridgehead atoms. The fourth-order valence-corrected chi connectivity index (χ4v) is 4.08. The number of ether oxygens (including phenoxy) is 1. The van der Waals surface area contributed by atoms with Crippen molar-refractivity contribution >= 4 is 48.2 Å². The van der Waals surface area contributed by atoms with E-state index in [1.54, 1.807) is 25.3 Å². The Hall–Kier alpha value is -3.52. The van der Waals surface area contributed by atoms with Gasteiger partial charge in [0.1, 0.15) is 13.6 Å². The number of hydrogen-bond acceptors (Lipinski definition) is 5. The second kappa shape index (κ2) is 10.2. The van der Waals surface area contributed by atoms with E-state index in [1.807, 2.05) is 42.5 Å². The van der Waals surface area contributed by atoms with Crippen molar-refractivity contribution in [2.24, 2.45) is 5.10 Å². The molecule has 0 aliphatic heterocycles. The second-order valence-corrected chi connectivity index (χ2v) is 7.98. The highest BCUT2D eigenvalue weighted by Crippen LogP contribution is 2.25. The van der Waals surface area contributed by atoms with Crippen molar-refractivity contribution < 1.29 is 9.53 Å². The zero-order chi connectivity index (χ0) is 22.3. The van der Waals surface area contributed by atoms with Gasteiger partial charge in [0.15, 0.2) is 5.16 Å². The summed E-state index contributed by atoms with van der Waals surface area (Å²) in [6.07, 6.45) is 1.52. The summed E-state index contributed by atoms with van der Waals surface area (Å²) < 4.78 is 7.41. The van der Waals surface area contributed by atoms with Crippen LogP contribution in [0.1, 0.15) is 11.1 Å². The number of fused-ring (bicyclic) bond motifs is 1. The van der Waals surface area contributed by atoms with Gasteiger partial charge in [-0.3, -0.25) is 4.79 Å². The Kier molecular flexibility index (Phi) is 6.92. The van der Waals surface area contributed by atoms with Crippen molar-refractivity contribution in [1.82, 2.24) is 15.0 Å². The largest absolute Gasteiger partial charge is 0.496 e. The predicted molar refractivity (Wildman–Crippen MR) is 130 cm³/mol. The summed E-state index contributed by atoms with van der Waals surface area (Å²) in [6.45, 7) is 0.679. The molecule has 4 aromatic rings. The number of para-hydroxylation sites is 2. The Morgan fingerprint density at radius 2 is 1.94 bits per heavy atom. The third-order valence-electron chi connectivity index (χ3n) is 4.78. The molecule has 0 atom stereocenters. The normalized spacial score (nSPS) is 11.2. The van der Waals surface area contributed by atoms with Gasteiger partial charge in [0.2, 0.25) is 0 Å². The minimum absolute atomic E-state index is 0.184. The number of aromatic nitrogens is 2. The quantitative estimate of drug-likeness (QED) is 0.198. The highest BCUT2D eigenvalue weighted by molar-refractivity contribution is 7.99. The molecule has 0 spiro atoms. The van der Waals surface area contributed by atoms with E-state index >= 15 is 0 Å². The molecule has 0 aliphatic rings. The molecular formula is C24H21BN4O2S. The van der Waals surface area contributed by atoms with Gasteiger partial charge in [-0.2, -0.15) is 5.10 Å². The number of nitrogens with zero attached hydrogens (tertiary/aromatic N) is 3. The van der Waals surface area contributed by atoms with E-state index in [0.29, 0.717) is 23.3 Å². The lowest BCUT2D eigenvalue weighted by molar-refractivity contribution is -0.118. The number of methoxy groups -OCH3 is 1. The number of nitrogens with one attached hydrogen (secondary N) is 1. The van der Waals surface area contributed by atoms with E-state index in [9.17, 15) is 4.79 Å². The van der Waals surface area contributed by atoms with Crippen LogP contribution in [0.15, 0.2) is 83.1 Å². The number of rotatable bonds is 8. The number of imidazole rings is 1. The maximum Gasteiger partial charge on any atom is 0.250 e. The summed E-state index contributed by atoms with van der Waals surface area (Å²) >= 11 is 1.38. The van der Waals surface area contributed by atoms with Crippen LogP contribution in [-0.4, -0.2) is 42.4 Å². The van der Waals surface area contributed by atoms with Gasteiger partial charge < -0.3 is 9.30 Å². The molecule has 0 saturated heterocycles. The maximum atomic E-state index is 12.4. The molecule has 0 fully saturated rings. The Morgan fingerprint density at radius 3 is 2.75 bits per heavy atom. The van der Waals surface area contributed by atoms with Crippen LogP contribution in [-0.2, 0) is 11.3 Å². The third kappa shape index (κ3) is 5.21. The first-order chi connectivity index (χ1) is 15.6. The number of hydrazone groups is 1. The molecule has 4 rings (SSSR count). The summed E-state index contributed by atoms with van der Waals surface area (Å²) in [4.78, 5) is 17.1. The van der Waals surface area contributed by atoms with Crippen molar-refractivity contribution in [3.8, 4) is 5.75 Å². The number of carbonyl (C=O) groups is 1. The first-order valence-corrected chi connectivity index (χ1v) is 11.0. The van der Waals surface area contributed by atoms with Crippen molar-refractivity contribution in [3.63, 3.8) is 0 Å². The number of carbonyl (C=O) groups excluding carboxylic acids is 1. The average molecular weight is 440 g/mol. The molecule has 32 heavy (non-hydrogen) atoms. The number of benzene rings is 3. The zero-order valence-electron chi connectivity index (χ0n) is 17.6. The van der Waals surface area contributed by atoms with Crippen LogP contribution < -0.4 is 15.6 Å². The van der Waals surface area contributed by atoms with Crippen LogP contribution in [0.2, 0.25) is 0 Å². The van der Waals surface area contributed by atoms with Crippen LogP contribution in [0, 0.1) is 0 Å². The summed E-state index contributed by atoms with van der Waals surface area (Å²) in [5, 5.41) is 4.82. The average Bonchev–Trinajstić information content (AvgIpc) is 3.16. The molecule has 8 heteroatoms. The van der Waals surface area contributed by atoms with Gasteiger partial charge in [-0.05, 0) is 23.8 Å². The van der Waals surface area contributed by atoms with E-state index in [-0.39, 0.29) is 11.7 Å². The molecule has 0 aliphatic carbocycles. The number of amides is 1. The van der Waals surface area contributed by atoms with Crippen LogP contribution >= 0.6 is 11.8 Å². The molecule has 2 radical (unpaired) electrons. The van der Waals surface area contributed by atoms with Crippen molar-refractivity contribution in [3.05, 3.63) is 83.9 Å². The predicted octanol–water partition coefficient (Wildman–Crippen LogP) is 3.13. The topological polar surface area (TPSA) is 68.5 Å². The first-order valence-electron chi connectivity index (χ1n) is 10.0. The molecule has 1 amide bonds. The number of hydrogen-bond donors (Lipinski definition) is 1. The summed E-state index contributed by atoms with van der Waals surface area (Å²) in [6, 6.07) is 23.4. The first kappa shape index (κ1) is 21.7. The molecular weight excluding hydrogens is 419 g/mol. The van der Waals surface area contributed by atoms with Gasteiger partial charge in [0, 0.05) is 5.56 Å². The second-order valence-electron chi connectivity index (χ2n) is 7.04. The van der Waals surface area contributed by atoms with E-state index in [4.69, 9.17) is 17.6 Å². The smallest absolute Gasteiger partial charge is 0.250 e. The third-order valence-corrected chi connectivity index (χ3v) is 5.76. The van der Waals surface area contributed by atoms with Crippen LogP contribution in [0.25, 0.3) is 11.0 Å². The van der Waals surface area contributed by atoms with E-state index in [2.05, 4.69) is 27.2 Å². The summed E-state index contributed by atoms with van der Waals surface area (Å²) in [5.74, 6) is 0.581. The highest BCUT2D eigenvalue weighted by atomic mass is 32.2. The van der Waals surface area contributed by atoms with Crippen molar-refractivity contribution in [2.75, 3.05) is 12.9 Å². The minimum Gasteiger partial charge on any atom is -0.496 e. The molecule has 0 saturated carbocycles. The molecule has 3 aromatic carbocycles. The fourth-order valence-electron chi connectivity index (χ4n) is 3.27. The summed E-state index contributed by atoms with van der Waals surface area (Å²) in [7, 11) is 7.38.